The average Bonchev–Trinajstić information content (AvgIpc) is 3.37. The highest BCUT2D eigenvalue weighted by atomic mass is 16.4. The van der Waals surface area contributed by atoms with E-state index in [4.69, 9.17) is 0 Å². The largest absolute Gasteiger partial charge is 0.511 e. The first-order valence-corrected chi connectivity index (χ1v) is 14.6. The molecule has 0 saturated carbocycles. The second kappa shape index (κ2) is 9.00. The number of aliphatic hydroxyl groups excluding tert-OH is 3. The van der Waals surface area contributed by atoms with E-state index in [0.717, 1.165) is 23.6 Å². The van der Waals surface area contributed by atoms with Crippen molar-refractivity contribution in [3.8, 4) is 5.75 Å². The molecule has 2 aromatic carbocycles. The van der Waals surface area contributed by atoms with Crippen LogP contribution < -0.4 is 0 Å². The molecule has 0 heterocycles. The fourth-order valence-electron chi connectivity index (χ4n) is 8.65. The van der Waals surface area contributed by atoms with Gasteiger partial charge in [0, 0.05) is 22.3 Å². The maximum Gasteiger partial charge on any atom is 0.209 e. The fraction of sp³-hybridized carbons (Fsp3) is 0.400. The standard InChI is InChI=1S/C35H36O8/c1-15(2)25-28(38)23(17(4)36)30(40)35(43)31(41)26-29(39)24-21(16(3)33(26,5)32(42)34(25,35)6)11-12-22(27(24)37)20-13-18-9-7-8-10-19(18)14-20/h7-13,15-16,25,32,37-38,41-43H,14H2,1-6H3/t16-,25?,32-,33+,34+,35+/m1/s1. The van der Waals surface area contributed by atoms with Gasteiger partial charge in [0.05, 0.1) is 17.2 Å². The summed E-state index contributed by atoms with van der Waals surface area (Å²) < 4.78 is 0. The van der Waals surface area contributed by atoms with E-state index >= 15 is 0 Å². The topological polar surface area (TPSA) is 152 Å². The summed E-state index contributed by atoms with van der Waals surface area (Å²) in [6.07, 6.45) is 0.842. The number of aromatic hydroxyl groups is 1. The van der Waals surface area contributed by atoms with Gasteiger partial charge in [-0.2, -0.15) is 0 Å². The van der Waals surface area contributed by atoms with Gasteiger partial charge in [-0.25, -0.2) is 0 Å². The van der Waals surface area contributed by atoms with E-state index in [1.54, 1.807) is 39.8 Å². The minimum Gasteiger partial charge on any atom is -0.511 e. The van der Waals surface area contributed by atoms with Crippen LogP contribution in [0.1, 0.15) is 80.1 Å². The molecule has 5 N–H and O–H groups in total. The monoisotopic (exact) mass is 584 g/mol. The minimum atomic E-state index is -2.90. The second-order valence-electron chi connectivity index (χ2n) is 13.3. The first-order chi connectivity index (χ1) is 20.1. The number of carbonyl (C=O) groups excluding carboxylic acids is 3. The Morgan fingerprint density at radius 1 is 1.02 bits per heavy atom. The van der Waals surface area contributed by atoms with Gasteiger partial charge in [-0.3, -0.25) is 14.4 Å². The molecule has 6 rings (SSSR count). The van der Waals surface area contributed by atoms with Crippen molar-refractivity contribution in [1.82, 2.24) is 0 Å². The Hall–Kier alpha value is -4.01. The molecule has 0 fully saturated rings. The SMILES string of the molecule is CC(=O)C1=C(O)C(C(C)C)[C@@]2(C)[C@H](O)[C@]3(C)C(=C(O)[C@@]2(O)C1=O)C(=O)c1c(ccc(C2=Cc4ccccc4C2)c1O)[C@H]3C. The quantitative estimate of drug-likeness (QED) is 0.317. The third kappa shape index (κ3) is 3.25. The van der Waals surface area contributed by atoms with Gasteiger partial charge in [0.1, 0.15) is 22.8 Å². The van der Waals surface area contributed by atoms with Crippen molar-refractivity contribution in [1.29, 1.82) is 0 Å². The van der Waals surface area contributed by atoms with Crippen molar-refractivity contribution in [2.24, 2.45) is 22.7 Å². The Morgan fingerprint density at radius 3 is 2.28 bits per heavy atom. The third-order valence-corrected chi connectivity index (χ3v) is 10.9. The van der Waals surface area contributed by atoms with Crippen LogP contribution in [-0.2, 0) is 16.0 Å². The Bertz CT molecular complexity index is 1760. The Morgan fingerprint density at radius 2 is 1.67 bits per heavy atom. The molecule has 0 spiro atoms. The van der Waals surface area contributed by atoms with E-state index in [0.29, 0.717) is 17.5 Å². The molecule has 0 bridgehead atoms. The van der Waals surface area contributed by atoms with Crippen molar-refractivity contribution in [2.75, 3.05) is 0 Å². The van der Waals surface area contributed by atoms with E-state index in [1.165, 1.54) is 6.92 Å². The minimum absolute atomic E-state index is 0.0749. The molecule has 8 heteroatoms. The summed E-state index contributed by atoms with van der Waals surface area (Å²) in [4.78, 5) is 40.9. The Kier molecular flexibility index (Phi) is 6.09. The van der Waals surface area contributed by atoms with Crippen LogP contribution in [0.15, 0.2) is 59.1 Å². The molecule has 0 amide bonds. The number of allylic oxidation sites excluding steroid dienone is 2. The van der Waals surface area contributed by atoms with Gasteiger partial charge in [-0.1, -0.05) is 77.1 Å². The molecule has 0 radical (unpaired) electrons. The number of benzene rings is 2. The normalized spacial score (nSPS) is 33.2. The number of carbonyl (C=O) groups is 3. The number of ketones is 3. The lowest BCUT2D eigenvalue weighted by atomic mass is 9.41. The lowest BCUT2D eigenvalue weighted by Crippen LogP contribution is -2.73. The van der Waals surface area contributed by atoms with Crippen molar-refractivity contribution in [2.45, 2.75) is 65.6 Å². The maximum atomic E-state index is 14.4. The van der Waals surface area contributed by atoms with Crippen molar-refractivity contribution < 1.29 is 39.9 Å². The predicted octanol–water partition coefficient (Wildman–Crippen LogP) is 4.98. The van der Waals surface area contributed by atoms with Crippen LogP contribution in [0.2, 0.25) is 0 Å². The van der Waals surface area contributed by atoms with Crippen molar-refractivity contribution in [3.63, 3.8) is 0 Å². The van der Waals surface area contributed by atoms with E-state index in [-0.39, 0.29) is 11.3 Å². The summed E-state index contributed by atoms with van der Waals surface area (Å²) in [5, 5.41) is 59.4. The lowest BCUT2D eigenvalue weighted by molar-refractivity contribution is -0.211. The Balaban J connectivity index is 1.61. The highest BCUT2D eigenvalue weighted by Gasteiger charge is 2.76. The smallest absolute Gasteiger partial charge is 0.209 e. The predicted molar refractivity (Wildman–Crippen MR) is 159 cm³/mol. The molecule has 0 aromatic heterocycles. The van der Waals surface area contributed by atoms with Crippen LogP contribution >= 0.6 is 0 Å². The third-order valence-electron chi connectivity index (χ3n) is 10.9. The summed E-state index contributed by atoms with van der Waals surface area (Å²) >= 11 is 0. The van der Waals surface area contributed by atoms with E-state index in [9.17, 15) is 39.9 Å². The van der Waals surface area contributed by atoms with Gasteiger partial charge in [-0.05, 0) is 47.4 Å². The molecule has 224 valence electrons. The van der Waals surface area contributed by atoms with Gasteiger partial charge < -0.3 is 25.5 Å². The number of Topliss-reactive ketones (excluding diaryl/α,β-unsaturated/α-hetero) is 3. The summed E-state index contributed by atoms with van der Waals surface area (Å²) in [5.74, 6) is -7.04. The molecule has 0 saturated heterocycles. The fourth-order valence-corrected chi connectivity index (χ4v) is 8.65. The summed E-state index contributed by atoms with van der Waals surface area (Å²) in [7, 11) is 0. The summed E-state index contributed by atoms with van der Waals surface area (Å²) in [5.41, 5.74) is -3.75. The molecule has 4 aliphatic carbocycles. The van der Waals surface area contributed by atoms with Crippen LogP contribution in [0, 0.1) is 22.7 Å². The first kappa shape index (κ1) is 29.1. The maximum absolute atomic E-state index is 14.4. The molecule has 0 aliphatic heterocycles. The number of aliphatic hydroxyl groups is 4. The highest BCUT2D eigenvalue weighted by molar-refractivity contribution is 6.25. The molecule has 2 aromatic rings. The zero-order chi connectivity index (χ0) is 31.5. The molecule has 6 atom stereocenters. The Labute approximate surface area is 249 Å². The van der Waals surface area contributed by atoms with Crippen LogP contribution in [0.4, 0.5) is 0 Å². The number of phenolic OH excluding ortho intramolecular Hbond substituents is 1. The van der Waals surface area contributed by atoms with Gasteiger partial charge in [-0.15, -0.1) is 0 Å². The molecular formula is C35H36O8. The first-order valence-electron chi connectivity index (χ1n) is 14.6. The highest BCUT2D eigenvalue weighted by Crippen LogP contribution is 2.67. The number of phenols is 1. The number of fused-ring (bicyclic) bond motifs is 4. The van der Waals surface area contributed by atoms with Crippen LogP contribution in [0.5, 0.6) is 5.75 Å². The van der Waals surface area contributed by atoms with E-state index < -0.39 is 80.3 Å². The van der Waals surface area contributed by atoms with Gasteiger partial charge in [0.2, 0.25) is 5.78 Å². The molecule has 4 aliphatic rings. The average molecular weight is 585 g/mol. The lowest BCUT2D eigenvalue weighted by Gasteiger charge is -2.63. The van der Waals surface area contributed by atoms with Crippen LogP contribution in [0.25, 0.3) is 11.6 Å². The number of rotatable bonds is 3. The van der Waals surface area contributed by atoms with Gasteiger partial charge in [0.15, 0.2) is 17.2 Å². The molecule has 8 nitrogen and oxygen atoms in total. The zero-order valence-corrected chi connectivity index (χ0v) is 25.0. The van der Waals surface area contributed by atoms with E-state index in [2.05, 4.69) is 0 Å². The van der Waals surface area contributed by atoms with Crippen LogP contribution in [-0.4, -0.2) is 54.6 Å². The molecule has 43 heavy (non-hydrogen) atoms. The zero-order valence-electron chi connectivity index (χ0n) is 25.0. The van der Waals surface area contributed by atoms with Crippen LogP contribution in [0.3, 0.4) is 0 Å². The number of hydrogen-bond donors (Lipinski definition) is 5. The van der Waals surface area contributed by atoms with Gasteiger partial charge in [0.25, 0.3) is 0 Å². The number of hydrogen-bond acceptors (Lipinski definition) is 8. The van der Waals surface area contributed by atoms with Crippen molar-refractivity contribution in [3.05, 3.63) is 86.9 Å². The van der Waals surface area contributed by atoms with Crippen molar-refractivity contribution >= 4 is 29.0 Å². The second-order valence-corrected chi connectivity index (χ2v) is 13.3. The molecular weight excluding hydrogens is 548 g/mol. The van der Waals surface area contributed by atoms with Gasteiger partial charge >= 0.3 is 0 Å². The summed E-state index contributed by atoms with van der Waals surface area (Å²) in [6, 6.07) is 11.3. The van der Waals surface area contributed by atoms with E-state index in [1.807, 2.05) is 30.3 Å². The molecule has 1 unspecified atom stereocenters. The summed E-state index contributed by atoms with van der Waals surface area (Å²) in [6.45, 7) is 9.25.